The van der Waals surface area contributed by atoms with E-state index < -0.39 is 38.4 Å². The molecule has 0 bridgehead atoms. The van der Waals surface area contributed by atoms with Crippen LogP contribution in [0.1, 0.15) is 74.0 Å². The zero-order chi connectivity index (χ0) is 32.4. The van der Waals surface area contributed by atoms with Crippen LogP contribution in [-0.2, 0) is 51.1 Å². The Labute approximate surface area is 256 Å². The van der Waals surface area contributed by atoms with Crippen molar-refractivity contribution in [1.29, 1.82) is 0 Å². The number of ether oxygens (including phenoxy) is 4. The maximum Gasteiger partial charge on any atom is 0.492 e. The lowest BCUT2D eigenvalue weighted by Gasteiger charge is -2.15. The number of methoxy groups -OCH3 is 2. The molecule has 0 radical (unpaired) electrons. The van der Waals surface area contributed by atoms with Crippen LogP contribution >= 0.6 is 0 Å². The van der Waals surface area contributed by atoms with E-state index in [2.05, 4.69) is 6.92 Å². The summed E-state index contributed by atoms with van der Waals surface area (Å²) in [6.45, 7) is 5.59. The van der Waals surface area contributed by atoms with Crippen molar-refractivity contribution in [1.82, 2.24) is 0 Å². The lowest BCUT2D eigenvalue weighted by molar-refractivity contribution is -0.145. The molecule has 0 spiro atoms. The molecule has 2 aromatic carbocycles. The van der Waals surface area contributed by atoms with Crippen molar-refractivity contribution < 1.29 is 63.2 Å². The fraction of sp³-hybridized carbons (Fsp3) is 0.517. The number of carbonyl (C=O) groups is 2. The predicted octanol–water partition coefficient (Wildman–Crippen LogP) is 1.21. The third kappa shape index (κ3) is 9.41. The molecule has 1 fully saturated rings. The van der Waals surface area contributed by atoms with Gasteiger partial charge in [-0.15, -0.1) is 0 Å². The molecule has 13 nitrogen and oxygen atoms in total. The number of esters is 1. The van der Waals surface area contributed by atoms with Crippen LogP contribution in [0.5, 0.6) is 11.5 Å². The van der Waals surface area contributed by atoms with Crippen molar-refractivity contribution in [3.63, 3.8) is 0 Å². The average Bonchev–Trinajstić information content (AvgIpc) is 3.63. The van der Waals surface area contributed by atoms with Gasteiger partial charge >= 0.3 is 26.2 Å². The van der Waals surface area contributed by atoms with Gasteiger partial charge in [-0.25, -0.2) is 0 Å². The topological polar surface area (TPSA) is 191 Å². The van der Waals surface area contributed by atoms with Crippen LogP contribution in [0.3, 0.4) is 0 Å². The summed E-state index contributed by atoms with van der Waals surface area (Å²) in [7, 11) is 0.650. The highest BCUT2D eigenvalue weighted by Crippen LogP contribution is 2.33. The van der Waals surface area contributed by atoms with Gasteiger partial charge in [0.15, 0.2) is 0 Å². The van der Waals surface area contributed by atoms with E-state index in [0.717, 1.165) is 6.61 Å². The highest BCUT2D eigenvalue weighted by molar-refractivity contribution is 6.62. The first-order chi connectivity index (χ1) is 21.0. The molecular weight excluding hydrogens is 578 g/mol. The van der Waals surface area contributed by atoms with E-state index in [1.807, 2.05) is 0 Å². The van der Waals surface area contributed by atoms with Gasteiger partial charge in [-0.2, -0.15) is 0 Å². The third-order valence-electron chi connectivity index (χ3n) is 7.10. The maximum atomic E-state index is 11.6. The van der Waals surface area contributed by atoms with E-state index in [0.29, 0.717) is 45.9 Å². The van der Waals surface area contributed by atoms with Gasteiger partial charge in [0.25, 0.3) is 0 Å². The van der Waals surface area contributed by atoms with Crippen LogP contribution in [0, 0.1) is 0 Å². The number of carboxylic acids is 1. The number of aromatic hydroxyl groups is 2. The fourth-order valence-electron chi connectivity index (χ4n) is 5.35. The summed E-state index contributed by atoms with van der Waals surface area (Å²) in [4.78, 5) is 22.4. The predicted molar refractivity (Wildman–Crippen MR) is 159 cm³/mol. The van der Waals surface area contributed by atoms with Gasteiger partial charge in [0.05, 0.1) is 51.0 Å². The average molecular weight is 618 g/mol. The van der Waals surface area contributed by atoms with Crippen LogP contribution in [0.25, 0.3) is 0 Å². The van der Waals surface area contributed by atoms with Crippen LogP contribution < -0.4 is 10.9 Å². The first kappa shape index (κ1) is 35.3. The molecule has 5 rings (SSSR count). The van der Waals surface area contributed by atoms with E-state index in [1.165, 1.54) is 45.3 Å². The van der Waals surface area contributed by atoms with Gasteiger partial charge in [-0.3, -0.25) is 9.59 Å². The van der Waals surface area contributed by atoms with Crippen LogP contribution in [0.4, 0.5) is 0 Å². The summed E-state index contributed by atoms with van der Waals surface area (Å²) >= 11 is 0. The first-order valence-electron chi connectivity index (χ1n) is 14.3. The fourth-order valence-corrected chi connectivity index (χ4v) is 5.35. The molecule has 3 atom stereocenters. The normalized spacial score (nSPS) is 19.8. The molecule has 0 amide bonds. The maximum absolute atomic E-state index is 11.6. The lowest BCUT2D eigenvalue weighted by Crippen LogP contribution is -2.28. The Kier molecular flexibility index (Phi) is 13.5. The molecule has 2 aromatic rings. The molecule has 0 saturated carbocycles. The monoisotopic (exact) mass is 618 g/mol. The van der Waals surface area contributed by atoms with Crippen LogP contribution in [0.15, 0.2) is 24.3 Å². The highest BCUT2D eigenvalue weighted by atomic mass is 16.6. The summed E-state index contributed by atoms with van der Waals surface area (Å²) in [6, 6.07) is 5.84. The quantitative estimate of drug-likeness (QED) is 0.199. The van der Waals surface area contributed by atoms with Crippen molar-refractivity contribution in [3.8, 4) is 11.5 Å². The Morgan fingerprint density at radius 1 is 0.886 bits per heavy atom. The number of fused-ring (bicyclic) bond motifs is 2. The number of rotatable bonds is 9. The van der Waals surface area contributed by atoms with Crippen LogP contribution in [-0.4, -0.2) is 85.1 Å². The molecule has 15 heteroatoms. The van der Waals surface area contributed by atoms with E-state index in [4.69, 9.17) is 33.4 Å². The van der Waals surface area contributed by atoms with E-state index >= 15 is 0 Å². The third-order valence-corrected chi connectivity index (χ3v) is 7.10. The van der Waals surface area contributed by atoms with Crippen molar-refractivity contribution in [3.05, 3.63) is 46.5 Å². The Hall–Kier alpha value is -3.17. The van der Waals surface area contributed by atoms with E-state index in [-0.39, 0.29) is 37.6 Å². The molecule has 44 heavy (non-hydrogen) atoms. The van der Waals surface area contributed by atoms with Crippen molar-refractivity contribution in [2.45, 2.75) is 71.1 Å². The van der Waals surface area contributed by atoms with Crippen molar-refractivity contribution in [2.24, 2.45) is 0 Å². The van der Waals surface area contributed by atoms with Gasteiger partial charge in [0.1, 0.15) is 11.5 Å². The number of hydrogen-bond donors (Lipinski definition) is 5. The van der Waals surface area contributed by atoms with Gasteiger partial charge < -0.3 is 53.6 Å². The lowest BCUT2D eigenvalue weighted by atomic mass is 9.77. The summed E-state index contributed by atoms with van der Waals surface area (Å²) in [6.07, 6.45) is 1.53. The minimum Gasteiger partial charge on any atom is -0.508 e. The largest absolute Gasteiger partial charge is 0.508 e. The van der Waals surface area contributed by atoms with Crippen molar-refractivity contribution in [2.75, 3.05) is 27.4 Å². The zero-order valence-corrected chi connectivity index (χ0v) is 25.4. The van der Waals surface area contributed by atoms with Gasteiger partial charge in [-0.05, 0) is 84.1 Å². The van der Waals surface area contributed by atoms with Gasteiger partial charge in [0, 0.05) is 20.8 Å². The van der Waals surface area contributed by atoms with Crippen LogP contribution in [0.2, 0.25) is 0 Å². The Balaban J connectivity index is 0.000000203. The Bertz CT molecular complexity index is 1270. The first-order valence-corrected chi connectivity index (χ1v) is 14.3. The molecule has 3 heterocycles. The zero-order valence-electron chi connectivity index (χ0n) is 25.4. The molecule has 0 aliphatic carbocycles. The molecule has 3 aliphatic rings. The molecular formula is C29H40B2O13. The number of benzene rings is 2. The Morgan fingerprint density at radius 2 is 1.39 bits per heavy atom. The van der Waals surface area contributed by atoms with E-state index in [9.17, 15) is 29.9 Å². The smallest absolute Gasteiger partial charge is 0.492 e. The Morgan fingerprint density at radius 3 is 1.75 bits per heavy atom. The van der Waals surface area contributed by atoms with Gasteiger partial charge in [0.2, 0.25) is 0 Å². The number of hydrogen-bond acceptors (Lipinski definition) is 12. The molecule has 240 valence electrons. The summed E-state index contributed by atoms with van der Waals surface area (Å²) in [5.74, 6) is -1.40. The minimum atomic E-state index is -1.22. The standard InChI is InChI=1S/C13H17BO6.C11H13BO6.C5H10O/c1-3-19-12(16)6-11-13-8(7-18-2)4-9(15)5-10(13)14(17)20-11;1-17-5-6-2-7(13)3-8-11(6)9(4-10(14)15)18-12(8)16;1-5-3-2-4-6-5/h4-5,11,15,17H,3,6-7H2,1-2H3;2-3,9,13,16H,4-5H2,1H3,(H,14,15);5H,2-4H2,1H3. The molecule has 3 unspecified atom stereocenters. The number of aliphatic carboxylic acids is 1. The number of carboxylic acid groups (broad SMARTS) is 1. The second-order valence-corrected chi connectivity index (χ2v) is 10.5. The highest BCUT2D eigenvalue weighted by Gasteiger charge is 2.39. The number of phenolic OH excluding ortho intramolecular Hbond substituents is 2. The second kappa shape index (κ2) is 16.8. The summed E-state index contributed by atoms with van der Waals surface area (Å²) in [5.41, 5.74) is 3.44. The number of phenols is 2. The second-order valence-electron chi connectivity index (χ2n) is 10.5. The molecule has 5 N–H and O–H groups in total. The van der Waals surface area contributed by atoms with E-state index in [1.54, 1.807) is 13.0 Å². The SMILES string of the molecule is CC1CCCO1.CCOC(=O)CC1OB(O)c2cc(O)cc(COC)c21.COCc1cc(O)cc2c1C(CC(=O)O)OB2O. The van der Waals surface area contributed by atoms with Gasteiger partial charge in [-0.1, -0.05) is 0 Å². The summed E-state index contributed by atoms with van der Waals surface area (Å²) < 4.78 is 30.7. The molecule has 0 aromatic heterocycles. The minimum absolute atomic E-state index is 0.0133. The molecule has 1 saturated heterocycles. The molecule has 3 aliphatic heterocycles. The number of carbonyl (C=O) groups excluding carboxylic acids is 1. The van der Waals surface area contributed by atoms with Crippen molar-refractivity contribution >= 4 is 37.1 Å². The summed E-state index contributed by atoms with van der Waals surface area (Å²) in [5, 5.41) is 47.6.